The first kappa shape index (κ1) is 16.3. The second kappa shape index (κ2) is 7.81. The van der Waals surface area contributed by atoms with E-state index in [1.807, 2.05) is 9.80 Å². The van der Waals surface area contributed by atoms with Crippen molar-refractivity contribution in [2.45, 2.75) is 58.8 Å². The van der Waals surface area contributed by atoms with Crippen LogP contribution < -0.4 is 0 Å². The number of nitrogens with zero attached hydrogens (tertiary/aromatic N) is 2. The molecule has 0 spiro atoms. The number of hydrogen-bond donors (Lipinski definition) is 0. The average Bonchev–Trinajstić information content (AvgIpc) is 2.72. The molecule has 0 radical (unpaired) electrons. The van der Waals surface area contributed by atoms with Gasteiger partial charge in [0.1, 0.15) is 0 Å². The molecule has 0 atom stereocenters. The van der Waals surface area contributed by atoms with Crippen LogP contribution in [0.25, 0.3) is 0 Å². The van der Waals surface area contributed by atoms with Gasteiger partial charge in [0, 0.05) is 38.5 Å². The van der Waals surface area contributed by atoms with Gasteiger partial charge in [-0.3, -0.25) is 9.59 Å². The van der Waals surface area contributed by atoms with Gasteiger partial charge in [0.2, 0.25) is 11.8 Å². The van der Waals surface area contributed by atoms with Gasteiger partial charge in [-0.1, -0.05) is 33.1 Å². The summed E-state index contributed by atoms with van der Waals surface area (Å²) in [4.78, 5) is 28.7. The molecule has 0 unspecified atom stereocenters. The molecule has 0 aromatic carbocycles. The maximum atomic E-state index is 12.6. The largest absolute Gasteiger partial charge is 0.341 e. The molecule has 1 aliphatic carbocycles. The molecule has 1 aliphatic heterocycles. The van der Waals surface area contributed by atoms with Gasteiger partial charge in [-0.25, -0.2) is 0 Å². The maximum Gasteiger partial charge on any atom is 0.225 e. The molecule has 2 fully saturated rings. The quantitative estimate of drug-likeness (QED) is 0.803. The highest BCUT2D eigenvalue weighted by atomic mass is 16.2. The third kappa shape index (κ3) is 4.72. The van der Waals surface area contributed by atoms with Gasteiger partial charge >= 0.3 is 0 Å². The first-order valence-corrected chi connectivity index (χ1v) is 8.64. The van der Waals surface area contributed by atoms with Crippen molar-refractivity contribution in [1.82, 2.24) is 9.80 Å². The molecule has 1 saturated carbocycles. The van der Waals surface area contributed by atoms with E-state index in [2.05, 4.69) is 13.8 Å². The second-order valence-corrected chi connectivity index (χ2v) is 6.99. The standard InChI is InChI=1S/C17H30N2O2/c1-14(2)13-16(20)18-9-6-10-19(12-11-18)17(21)15-7-4-3-5-8-15/h14-15H,3-13H2,1-2H3. The smallest absolute Gasteiger partial charge is 0.225 e. The van der Waals surface area contributed by atoms with E-state index < -0.39 is 0 Å². The van der Waals surface area contributed by atoms with Crippen LogP contribution in [0.5, 0.6) is 0 Å². The van der Waals surface area contributed by atoms with E-state index >= 15 is 0 Å². The SMILES string of the molecule is CC(C)CC(=O)N1CCCN(C(=O)C2CCCCC2)CC1. The van der Waals surface area contributed by atoms with Gasteiger partial charge in [-0.2, -0.15) is 0 Å². The average molecular weight is 294 g/mol. The van der Waals surface area contributed by atoms with Crippen molar-refractivity contribution < 1.29 is 9.59 Å². The van der Waals surface area contributed by atoms with E-state index in [1.54, 1.807) is 0 Å². The van der Waals surface area contributed by atoms with Crippen LogP contribution >= 0.6 is 0 Å². The van der Waals surface area contributed by atoms with Crippen LogP contribution in [-0.2, 0) is 9.59 Å². The van der Waals surface area contributed by atoms with Crippen LogP contribution in [0.3, 0.4) is 0 Å². The molecule has 120 valence electrons. The van der Waals surface area contributed by atoms with Crippen molar-refractivity contribution in [3.8, 4) is 0 Å². The zero-order valence-corrected chi connectivity index (χ0v) is 13.6. The Morgan fingerprint density at radius 2 is 1.52 bits per heavy atom. The highest BCUT2D eigenvalue weighted by Crippen LogP contribution is 2.25. The van der Waals surface area contributed by atoms with Crippen molar-refractivity contribution >= 4 is 11.8 Å². The van der Waals surface area contributed by atoms with Gasteiger partial charge in [-0.05, 0) is 25.2 Å². The number of carbonyl (C=O) groups is 2. The molecule has 4 heteroatoms. The van der Waals surface area contributed by atoms with Crippen molar-refractivity contribution in [3.63, 3.8) is 0 Å². The molecule has 21 heavy (non-hydrogen) atoms. The molecule has 0 N–H and O–H groups in total. The van der Waals surface area contributed by atoms with Gasteiger partial charge in [-0.15, -0.1) is 0 Å². The van der Waals surface area contributed by atoms with Gasteiger partial charge in [0.15, 0.2) is 0 Å². The number of carbonyl (C=O) groups excluding carboxylic acids is 2. The van der Waals surface area contributed by atoms with Crippen molar-refractivity contribution in [1.29, 1.82) is 0 Å². The minimum Gasteiger partial charge on any atom is -0.341 e. The van der Waals surface area contributed by atoms with Crippen LogP contribution in [0, 0.1) is 11.8 Å². The fourth-order valence-corrected chi connectivity index (χ4v) is 3.47. The molecule has 1 heterocycles. The Balaban J connectivity index is 1.85. The summed E-state index contributed by atoms with van der Waals surface area (Å²) in [5, 5.41) is 0. The predicted octanol–water partition coefficient (Wildman–Crippen LogP) is 2.67. The lowest BCUT2D eigenvalue weighted by Crippen LogP contribution is -2.40. The zero-order valence-electron chi connectivity index (χ0n) is 13.6. The van der Waals surface area contributed by atoms with Gasteiger partial charge < -0.3 is 9.80 Å². The molecule has 0 aromatic rings. The Morgan fingerprint density at radius 3 is 2.19 bits per heavy atom. The maximum absolute atomic E-state index is 12.6. The summed E-state index contributed by atoms with van der Waals surface area (Å²) in [6, 6.07) is 0. The summed E-state index contributed by atoms with van der Waals surface area (Å²) in [6.07, 6.45) is 7.34. The number of hydrogen-bond acceptors (Lipinski definition) is 2. The first-order chi connectivity index (χ1) is 10.1. The number of rotatable bonds is 3. The highest BCUT2D eigenvalue weighted by molar-refractivity contribution is 5.79. The molecule has 0 aromatic heterocycles. The highest BCUT2D eigenvalue weighted by Gasteiger charge is 2.28. The fraction of sp³-hybridized carbons (Fsp3) is 0.882. The minimum absolute atomic E-state index is 0.247. The van der Waals surface area contributed by atoms with Crippen LogP contribution in [0.2, 0.25) is 0 Å². The normalized spacial score (nSPS) is 21.5. The number of amides is 2. The third-order valence-corrected chi connectivity index (χ3v) is 4.70. The summed E-state index contributed by atoms with van der Waals surface area (Å²) in [7, 11) is 0. The molecule has 1 saturated heterocycles. The monoisotopic (exact) mass is 294 g/mol. The molecule has 2 aliphatic rings. The predicted molar refractivity (Wildman–Crippen MR) is 83.8 cm³/mol. The molecule has 2 amide bonds. The van der Waals surface area contributed by atoms with E-state index in [4.69, 9.17) is 0 Å². The van der Waals surface area contributed by atoms with Crippen LogP contribution in [-0.4, -0.2) is 47.8 Å². The van der Waals surface area contributed by atoms with E-state index in [0.29, 0.717) is 24.8 Å². The van der Waals surface area contributed by atoms with Crippen LogP contribution in [0.15, 0.2) is 0 Å². The first-order valence-electron chi connectivity index (χ1n) is 8.64. The lowest BCUT2D eigenvalue weighted by molar-refractivity contribution is -0.137. The van der Waals surface area contributed by atoms with Gasteiger partial charge in [0.25, 0.3) is 0 Å². The summed E-state index contributed by atoms with van der Waals surface area (Å²) >= 11 is 0. The molecule has 2 rings (SSSR count). The lowest BCUT2D eigenvalue weighted by atomic mass is 9.88. The Bertz CT molecular complexity index is 362. The van der Waals surface area contributed by atoms with Crippen molar-refractivity contribution in [2.24, 2.45) is 11.8 Å². The Hall–Kier alpha value is -1.06. The minimum atomic E-state index is 0.247. The van der Waals surface area contributed by atoms with Crippen molar-refractivity contribution in [2.75, 3.05) is 26.2 Å². The lowest BCUT2D eigenvalue weighted by Gasteiger charge is -2.28. The van der Waals surface area contributed by atoms with Crippen LogP contribution in [0.1, 0.15) is 58.8 Å². The Kier molecular flexibility index (Phi) is 6.07. The summed E-state index contributed by atoms with van der Waals surface area (Å²) in [5.41, 5.74) is 0. The Labute approximate surface area is 128 Å². The zero-order chi connectivity index (χ0) is 15.2. The van der Waals surface area contributed by atoms with E-state index in [0.717, 1.165) is 38.9 Å². The molecular formula is C17H30N2O2. The molecular weight excluding hydrogens is 264 g/mol. The summed E-state index contributed by atoms with van der Waals surface area (Å²) in [5.74, 6) is 1.24. The summed E-state index contributed by atoms with van der Waals surface area (Å²) < 4.78 is 0. The third-order valence-electron chi connectivity index (χ3n) is 4.70. The van der Waals surface area contributed by atoms with E-state index in [1.165, 1.54) is 19.3 Å². The van der Waals surface area contributed by atoms with E-state index in [-0.39, 0.29) is 11.8 Å². The Morgan fingerprint density at radius 1 is 0.905 bits per heavy atom. The van der Waals surface area contributed by atoms with Crippen LogP contribution in [0.4, 0.5) is 0 Å². The van der Waals surface area contributed by atoms with E-state index in [9.17, 15) is 9.59 Å². The molecule has 0 bridgehead atoms. The molecule has 4 nitrogen and oxygen atoms in total. The topological polar surface area (TPSA) is 40.6 Å². The fourth-order valence-electron chi connectivity index (χ4n) is 3.47. The van der Waals surface area contributed by atoms with Gasteiger partial charge in [0.05, 0.1) is 0 Å². The second-order valence-electron chi connectivity index (χ2n) is 6.99. The van der Waals surface area contributed by atoms with Crippen molar-refractivity contribution in [3.05, 3.63) is 0 Å². The summed E-state index contributed by atoms with van der Waals surface area (Å²) in [6.45, 7) is 7.22.